The Bertz CT molecular complexity index is 1020. The predicted octanol–water partition coefficient (Wildman–Crippen LogP) is 3.64. The Morgan fingerprint density at radius 1 is 1.03 bits per heavy atom. The van der Waals surface area contributed by atoms with E-state index < -0.39 is 27.3 Å². The number of benzene rings is 2. The number of carbonyl (C=O) groups excluding carboxylic acids is 2. The number of imide groups is 1. The fraction of sp³-hybridized carbons (Fsp3) is 0.333. The van der Waals surface area contributed by atoms with E-state index in [-0.39, 0.29) is 17.2 Å². The van der Waals surface area contributed by atoms with Crippen molar-refractivity contribution in [1.82, 2.24) is 10.2 Å². The fourth-order valence-corrected chi connectivity index (χ4v) is 4.83. The maximum absolute atomic E-state index is 13.0. The zero-order valence-corrected chi connectivity index (χ0v) is 18.7. The van der Waals surface area contributed by atoms with Crippen LogP contribution in [0.4, 0.5) is 4.79 Å². The van der Waals surface area contributed by atoms with Crippen LogP contribution in [0.2, 0.25) is 0 Å². The van der Waals surface area contributed by atoms with Gasteiger partial charge < -0.3 is 5.32 Å². The summed E-state index contributed by atoms with van der Waals surface area (Å²) in [5, 5.41) is 2.72. The molecule has 1 unspecified atom stereocenters. The highest BCUT2D eigenvalue weighted by molar-refractivity contribution is 9.10. The van der Waals surface area contributed by atoms with Crippen LogP contribution in [0.15, 0.2) is 57.9 Å². The second-order valence-electron chi connectivity index (χ2n) is 7.23. The third kappa shape index (κ3) is 4.38. The molecule has 1 N–H and O–H groups in total. The number of rotatable bonds is 7. The lowest BCUT2D eigenvalue weighted by Crippen LogP contribution is -2.41. The van der Waals surface area contributed by atoms with Crippen LogP contribution in [0, 0.1) is 0 Å². The summed E-state index contributed by atoms with van der Waals surface area (Å²) in [7, 11) is -3.62. The third-order valence-corrected chi connectivity index (χ3v) is 7.34. The molecule has 2 aromatic rings. The Labute approximate surface area is 179 Å². The molecule has 1 aliphatic heterocycles. The predicted molar refractivity (Wildman–Crippen MR) is 114 cm³/mol. The second-order valence-corrected chi connectivity index (χ2v) is 10.3. The molecular weight excluding hydrogens is 456 g/mol. The standard InChI is InChI=1S/C21H23BrN2O4S/c1-3-4-15-5-7-16(8-6-15)21(2)19(25)24(20(26)23-21)13-14-29(27,28)18-11-9-17(22)10-12-18/h5-12H,3-4,13-14H2,1-2H3,(H,23,26). The molecule has 6 nitrogen and oxygen atoms in total. The second kappa shape index (κ2) is 8.28. The average Bonchev–Trinajstić information content (AvgIpc) is 2.91. The molecule has 8 heteroatoms. The first kappa shape index (κ1) is 21.5. The minimum Gasteiger partial charge on any atom is -0.319 e. The van der Waals surface area contributed by atoms with Gasteiger partial charge in [0.25, 0.3) is 5.91 Å². The first-order valence-electron chi connectivity index (χ1n) is 9.39. The molecule has 3 rings (SSSR count). The van der Waals surface area contributed by atoms with Crippen LogP contribution in [-0.2, 0) is 26.6 Å². The van der Waals surface area contributed by atoms with Gasteiger partial charge in [-0.2, -0.15) is 0 Å². The van der Waals surface area contributed by atoms with Crippen molar-refractivity contribution in [2.45, 2.75) is 37.1 Å². The summed E-state index contributed by atoms with van der Waals surface area (Å²) in [6, 6.07) is 13.3. The summed E-state index contributed by atoms with van der Waals surface area (Å²) < 4.78 is 25.9. The van der Waals surface area contributed by atoms with Crippen LogP contribution < -0.4 is 5.32 Å². The lowest BCUT2D eigenvalue weighted by Gasteiger charge is -2.22. The molecule has 2 aromatic carbocycles. The molecule has 0 radical (unpaired) electrons. The normalized spacial score (nSPS) is 19.5. The van der Waals surface area contributed by atoms with Crippen molar-refractivity contribution < 1.29 is 18.0 Å². The molecule has 154 valence electrons. The summed E-state index contributed by atoms with van der Waals surface area (Å²) in [5.74, 6) is -0.781. The van der Waals surface area contributed by atoms with E-state index in [9.17, 15) is 18.0 Å². The first-order chi connectivity index (χ1) is 13.7. The lowest BCUT2D eigenvalue weighted by molar-refractivity contribution is -0.130. The number of carbonyl (C=O) groups is 2. The van der Waals surface area contributed by atoms with Gasteiger partial charge in [0.1, 0.15) is 5.54 Å². The summed E-state index contributed by atoms with van der Waals surface area (Å²) in [6.07, 6.45) is 1.96. The van der Waals surface area contributed by atoms with Crippen molar-refractivity contribution in [2.75, 3.05) is 12.3 Å². The number of hydrogen-bond donors (Lipinski definition) is 1. The van der Waals surface area contributed by atoms with Crippen molar-refractivity contribution in [3.63, 3.8) is 0 Å². The van der Waals surface area contributed by atoms with Crippen molar-refractivity contribution in [2.24, 2.45) is 0 Å². The molecule has 0 bridgehead atoms. The van der Waals surface area contributed by atoms with Gasteiger partial charge in [0.05, 0.1) is 10.6 Å². The maximum atomic E-state index is 13.0. The van der Waals surface area contributed by atoms with Gasteiger partial charge in [-0.3, -0.25) is 9.69 Å². The SMILES string of the molecule is CCCc1ccc(C2(C)NC(=O)N(CCS(=O)(=O)c3ccc(Br)cc3)C2=O)cc1. The van der Waals surface area contributed by atoms with Gasteiger partial charge >= 0.3 is 6.03 Å². The number of sulfone groups is 1. The summed E-state index contributed by atoms with van der Waals surface area (Å²) in [6.45, 7) is 3.54. The van der Waals surface area contributed by atoms with Crippen LogP contribution in [0.3, 0.4) is 0 Å². The van der Waals surface area contributed by atoms with Crippen molar-refractivity contribution in [1.29, 1.82) is 0 Å². The summed E-state index contributed by atoms with van der Waals surface area (Å²) >= 11 is 3.27. The topological polar surface area (TPSA) is 83.6 Å². The first-order valence-corrected chi connectivity index (χ1v) is 11.8. The fourth-order valence-electron chi connectivity index (χ4n) is 3.36. The van der Waals surface area contributed by atoms with E-state index in [1.807, 2.05) is 24.3 Å². The summed E-state index contributed by atoms with van der Waals surface area (Å²) in [5.41, 5.74) is 0.631. The van der Waals surface area contributed by atoms with Crippen molar-refractivity contribution in [3.05, 3.63) is 64.1 Å². The monoisotopic (exact) mass is 478 g/mol. The quantitative estimate of drug-likeness (QED) is 0.615. The average molecular weight is 479 g/mol. The van der Waals surface area contributed by atoms with Gasteiger partial charge in [0.2, 0.25) is 0 Å². The van der Waals surface area contributed by atoms with E-state index in [4.69, 9.17) is 0 Å². The number of hydrogen-bond acceptors (Lipinski definition) is 4. The summed E-state index contributed by atoms with van der Waals surface area (Å²) in [4.78, 5) is 26.6. The smallest absolute Gasteiger partial charge is 0.319 e. The van der Waals surface area contributed by atoms with E-state index in [2.05, 4.69) is 28.2 Å². The Kier molecular flexibility index (Phi) is 6.14. The van der Waals surface area contributed by atoms with Gasteiger partial charge in [0, 0.05) is 11.0 Å². The van der Waals surface area contributed by atoms with Crippen LogP contribution in [0.1, 0.15) is 31.4 Å². The molecule has 1 aliphatic rings. The van der Waals surface area contributed by atoms with Crippen molar-refractivity contribution in [3.8, 4) is 0 Å². The van der Waals surface area contributed by atoms with Gasteiger partial charge in [-0.25, -0.2) is 13.2 Å². The molecule has 1 fully saturated rings. The third-order valence-electron chi connectivity index (χ3n) is 5.10. The number of urea groups is 1. The Morgan fingerprint density at radius 2 is 1.66 bits per heavy atom. The van der Waals surface area contributed by atoms with E-state index in [1.165, 1.54) is 12.1 Å². The Balaban J connectivity index is 1.75. The molecule has 0 aromatic heterocycles. The minimum absolute atomic E-state index is 0.155. The highest BCUT2D eigenvalue weighted by Gasteiger charge is 2.49. The highest BCUT2D eigenvalue weighted by Crippen LogP contribution is 2.29. The van der Waals surface area contributed by atoms with Crippen LogP contribution >= 0.6 is 15.9 Å². The zero-order chi connectivity index (χ0) is 21.2. The lowest BCUT2D eigenvalue weighted by atomic mass is 9.91. The molecule has 1 atom stereocenters. The van der Waals surface area contributed by atoms with Gasteiger partial charge in [0.15, 0.2) is 9.84 Å². The molecule has 1 heterocycles. The highest BCUT2D eigenvalue weighted by atomic mass is 79.9. The van der Waals surface area contributed by atoms with Crippen LogP contribution in [0.25, 0.3) is 0 Å². The maximum Gasteiger partial charge on any atom is 0.325 e. The number of halogens is 1. The minimum atomic E-state index is -3.62. The largest absolute Gasteiger partial charge is 0.325 e. The number of nitrogens with one attached hydrogen (secondary N) is 1. The van der Waals surface area contributed by atoms with E-state index in [0.29, 0.717) is 5.56 Å². The van der Waals surface area contributed by atoms with Gasteiger partial charge in [-0.15, -0.1) is 0 Å². The molecule has 1 saturated heterocycles. The Morgan fingerprint density at radius 3 is 2.24 bits per heavy atom. The number of aryl methyl sites for hydroxylation is 1. The number of nitrogens with zero attached hydrogens (tertiary/aromatic N) is 1. The number of amides is 3. The molecule has 3 amide bonds. The zero-order valence-electron chi connectivity index (χ0n) is 16.3. The molecule has 0 spiro atoms. The van der Waals surface area contributed by atoms with Gasteiger partial charge in [-0.1, -0.05) is 53.5 Å². The van der Waals surface area contributed by atoms with Crippen LogP contribution in [-0.4, -0.2) is 37.6 Å². The van der Waals surface area contributed by atoms with Gasteiger partial charge in [-0.05, 0) is 48.7 Å². The van der Waals surface area contributed by atoms with Crippen molar-refractivity contribution >= 4 is 37.7 Å². The molecule has 0 aliphatic carbocycles. The molecule has 29 heavy (non-hydrogen) atoms. The molecule has 0 saturated carbocycles. The van der Waals surface area contributed by atoms with Crippen LogP contribution in [0.5, 0.6) is 0 Å². The van der Waals surface area contributed by atoms with E-state index in [1.54, 1.807) is 19.1 Å². The molecular formula is C21H23BrN2O4S. The van der Waals surface area contributed by atoms with E-state index >= 15 is 0 Å². The van der Waals surface area contributed by atoms with E-state index in [0.717, 1.165) is 27.8 Å². The Hall–Kier alpha value is -2.19.